The number of carbonyl (C=O) groups is 1. The van der Waals surface area contributed by atoms with Crippen LogP contribution in [0.15, 0.2) is 22.7 Å². The Bertz CT molecular complexity index is 475. The molecule has 2 rings (SSSR count). The molecule has 5 heteroatoms. The molecular formula is C15H20BrClN2O. The lowest BCUT2D eigenvalue weighted by Gasteiger charge is -2.30. The van der Waals surface area contributed by atoms with E-state index in [2.05, 4.69) is 21.2 Å². The maximum absolute atomic E-state index is 12.6. The molecule has 20 heavy (non-hydrogen) atoms. The predicted octanol–water partition coefficient (Wildman–Crippen LogP) is 3.71. The summed E-state index contributed by atoms with van der Waals surface area (Å²) in [6.45, 7) is 4.50. The third-order valence-electron chi connectivity index (χ3n) is 3.70. The van der Waals surface area contributed by atoms with Gasteiger partial charge in [-0.2, -0.15) is 0 Å². The number of benzene rings is 1. The third-order valence-corrected chi connectivity index (χ3v) is 5.00. The van der Waals surface area contributed by atoms with Crippen LogP contribution in [0.4, 0.5) is 0 Å². The summed E-state index contributed by atoms with van der Waals surface area (Å²) in [5.41, 5.74) is 0.568. The Morgan fingerprint density at radius 2 is 2.30 bits per heavy atom. The molecule has 1 N–H and O–H groups in total. The molecule has 3 nitrogen and oxygen atoms in total. The minimum absolute atomic E-state index is 0.00572. The number of nitrogens with zero attached hydrogens (tertiary/aromatic N) is 1. The van der Waals surface area contributed by atoms with Crippen molar-refractivity contribution in [1.82, 2.24) is 10.2 Å². The van der Waals surface area contributed by atoms with Crippen molar-refractivity contribution in [2.45, 2.75) is 32.2 Å². The molecular weight excluding hydrogens is 340 g/mol. The number of nitrogens with one attached hydrogen (secondary N) is 1. The van der Waals surface area contributed by atoms with E-state index in [1.165, 1.54) is 12.8 Å². The Labute approximate surface area is 133 Å². The molecule has 1 amide bonds. The van der Waals surface area contributed by atoms with E-state index in [0.29, 0.717) is 23.2 Å². The average molecular weight is 360 g/mol. The van der Waals surface area contributed by atoms with Crippen LogP contribution < -0.4 is 5.32 Å². The second-order valence-corrected chi connectivity index (χ2v) is 6.32. The predicted molar refractivity (Wildman–Crippen MR) is 86.4 cm³/mol. The molecule has 1 fully saturated rings. The van der Waals surface area contributed by atoms with Crippen molar-refractivity contribution in [3.63, 3.8) is 0 Å². The summed E-state index contributed by atoms with van der Waals surface area (Å²) in [5, 5.41) is 3.97. The summed E-state index contributed by atoms with van der Waals surface area (Å²) in [4.78, 5) is 14.5. The van der Waals surface area contributed by atoms with Gasteiger partial charge in [-0.3, -0.25) is 4.79 Å². The first kappa shape index (κ1) is 15.8. The van der Waals surface area contributed by atoms with E-state index in [0.717, 1.165) is 24.0 Å². The van der Waals surface area contributed by atoms with Crippen LogP contribution >= 0.6 is 27.5 Å². The Morgan fingerprint density at radius 3 is 2.95 bits per heavy atom. The SMILES string of the molecule is CCN(CC1CCCCN1)C(=O)c1cccc(Br)c1Cl. The van der Waals surface area contributed by atoms with Crippen LogP contribution in [0.3, 0.4) is 0 Å². The number of carbonyl (C=O) groups excluding carboxylic acids is 1. The van der Waals surface area contributed by atoms with Gasteiger partial charge in [0.2, 0.25) is 0 Å². The fourth-order valence-electron chi connectivity index (χ4n) is 2.54. The molecule has 1 unspecified atom stereocenters. The normalized spacial score (nSPS) is 18.9. The number of piperidine rings is 1. The molecule has 0 saturated carbocycles. The van der Waals surface area contributed by atoms with Crippen LogP contribution in [0.25, 0.3) is 0 Å². The van der Waals surface area contributed by atoms with Gasteiger partial charge in [0.15, 0.2) is 0 Å². The third kappa shape index (κ3) is 3.74. The molecule has 0 aromatic heterocycles. The standard InChI is InChI=1S/C15H20BrClN2O/c1-2-19(10-11-6-3-4-9-18-11)15(20)12-7-5-8-13(16)14(12)17/h5,7-8,11,18H,2-4,6,9-10H2,1H3. The summed E-state index contributed by atoms with van der Waals surface area (Å²) in [5.74, 6) is 0.00572. The van der Waals surface area contributed by atoms with Gasteiger partial charge in [0.05, 0.1) is 10.6 Å². The smallest absolute Gasteiger partial charge is 0.255 e. The topological polar surface area (TPSA) is 32.3 Å². The second-order valence-electron chi connectivity index (χ2n) is 5.09. The first-order valence-corrected chi connectivity index (χ1v) is 8.27. The van der Waals surface area contributed by atoms with E-state index >= 15 is 0 Å². The molecule has 1 aromatic carbocycles. The largest absolute Gasteiger partial charge is 0.337 e. The summed E-state index contributed by atoms with van der Waals surface area (Å²) in [6.07, 6.45) is 3.60. The Kier molecular flexibility index (Phi) is 5.87. The first-order valence-electron chi connectivity index (χ1n) is 7.10. The zero-order chi connectivity index (χ0) is 14.5. The van der Waals surface area contributed by atoms with E-state index in [9.17, 15) is 4.79 Å². The number of hydrogen-bond donors (Lipinski definition) is 1. The van der Waals surface area contributed by atoms with Crippen LogP contribution in [0.5, 0.6) is 0 Å². The van der Waals surface area contributed by atoms with Gasteiger partial charge in [-0.15, -0.1) is 0 Å². The highest BCUT2D eigenvalue weighted by molar-refractivity contribution is 9.10. The van der Waals surface area contributed by atoms with Gasteiger partial charge in [-0.1, -0.05) is 24.1 Å². The van der Waals surface area contributed by atoms with Gasteiger partial charge >= 0.3 is 0 Å². The number of amides is 1. The summed E-state index contributed by atoms with van der Waals surface area (Å²) in [6, 6.07) is 5.87. The Balaban J connectivity index is 2.10. The highest BCUT2D eigenvalue weighted by Crippen LogP contribution is 2.27. The lowest BCUT2D eigenvalue weighted by molar-refractivity contribution is 0.0741. The van der Waals surface area contributed by atoms with Crippen molar-refractivity contribution in [3.05, 3.63) is 33.3 Å². The molecule has 0 spiro atoms. The van der Waals surface area contributed by atoms with E-state index in [1.807, 2.05) is 24.0 Å². The van der Waals surface area contributed by atoms with E-state index in [4.69, 9.17) is 11.6 Å². The number of rotatable bonds is 4. The molecule has 1 heterocycles. The van der Waals surface area contributed by atoms with Crippen LogP contribution in [0.2, 0.25) is 5.02 Å². The van der Waals surface area contributed by atoms with Gasteiger partial charge < -0.3 is 10.2 Å². The van der Waals surface area contributed by atoms with Crippen LogP contribution in [0, 0.1) is 0 Å². The fraction of sp³-hybridized carbons (Fsp3) is 0.533. The first-order chi connectivity index (χ1) is 9.63. The van der Waals surface area contributed by atoms with Crippen molar-refractivity contribution in [2.75, 3.05) is 19.6 Å². The lowest BCUT2D eigenvalue weighted by atomic mass is 10.0. The minimum atomic E-state index is 0.00572. The van der Waals surface area contributed by atoms with Gasteiger partial charge in [0.25, 0.3) is 5.91 Å². The Morgan fingerprint density at radius 1 is 1.50 bits per heavy atom. The maximum Gasteiger partial charge on any atom is 0.255 e. The molecule has 0 bridgehead atoms. The van der Waals surface area contributed by atoms with Crippen LogP contribution in [-0.2, 0) is 0 Å². The zero-order valence-electron chi connectivity index (χ0n) is 11.7. The molecule has 0 aliphatic carbocycles. The minimum Gasteiger partial charge on any atom is -0.337 e. The highest BCUT2D eigenvalue weighted by atomic mass is 79.9. The fourth-order valence-corrected chi connectivity index (χ4v) is 3.11. The van der Waals surface area contributed by atoms with Crippen molar-refractivity contribution in [3.8, 4) is 0 Å². The highest BCUT2D eigenvalue weighted by Gasteiger charge is 2.22. The molecule has 1 saturated heterocycles. The summed E-state index contributed by atoms with van der Waals surface area (Å²) < 4.78 is 0.761. The van der Waals surface area contributed by atoms with Crippen molar-refractivity contribution >= 4 is 33.4 Å². The van der Waals surface area contributed by atoms with E-state index in [1.54, 1.807) is 6.07 Å². The number of likely N-dealkylation sites (N-methyl/N-ethyl adjacent to an activating group) is 1. The van der Waals surface area contributed by atoms with Gasteiger partial charge in [-0.25, -0.2) is 0 Å². The van der Waals surface area contributed by atoms with E-state index < -0.39 is 0 Å². The maximum atomic E-state index is 12.6. The van der Waals surface area contributed by atoms with E-state index in [-0.39, 0.29) is 5.91 Å². The molecule has 1 aliphatic heterocycles. The van der Waals surface area contributed by atoms with Crippen LogP contribution in [0.1, 0.15) is 36.5 Å². The van der Waals surface area contributed by atoms with Gasteiger partial charge in [0.1, 0.15) is 0 Å². The molecule has 1 aromatic rings. The van der Waals surface area contributed by atoms with Crippen molar-refractivity contribution in [1.29, 1.82) is 0 Å². The summed E-state index contributed by atoms with van der Waals surface area (Å²) >= 11 is 9.59. The monoisotopic (exact) mass is 358 g/mol. The average Bonchev–Trinajstić information content (AvgIpc) is 2.48. The molecule has 0 radical (unpaired) electrons. The quantitative estimate of drug-likeness (QED) is 0.889. The molecule has 110 valence electrons. The number of hydrogen-bond acceptors (Lipinski definition) is 2. The number of halogens is 2. The van der Waals surface area contributed by atoms with Crippen LogP contribution in [-0.4, -0.2) is 36.5 Å². The lowest BCUT2D eigenvalue weighted by Crippen LogP contribution is -2.45. The van der Waals surface area contributed by atoms with Gasteiger partial charge in [0, 0.05) is 23.6 Å². The van der Waals surface area contributed by atoms with Crippen molar-refractivity contribution < 1.29 is 4.79 Å². The van der Waals surface area contributed by atoms with Crippen molar-refractivity contribution in [2.24, 2.45) is 0 Å². The second kappa shape index (κ2) is 7.43. The van der Waals surface area contributed by atoms with Gasteiger partial charge in [-0.05, 0) is 54.4 Å². The molecule has 1 aliphatic rings. The summed E-state index contributed by atoms with van der Waals surface area (Å²) in [7, 11) is 0. The zero-order valence-corrected chi connectivity index (χ0v) is 14.0. The Hall–Kier alpha value is -0.580. The molecule has 1 atom stereocenters.